The number of anilines is 1. The van der Waals surface area contributed by atoms with Crippen molar-refractivity contribution in [2.75, 3.05) is 45.7 Å². The van der Waals surface area contributed by atoms with Crippen molar-refractivity contribution in [2.45, 2.75) is 32.4 Å². The van der Waals surface area contributed by atoms with Crippen molar-refractivity contribution in [1.82, 2.24) is 10.3 Å². The van der Waals surface area contributed by atoms with Gasteiger partial charge in [0.1, 0.15) is 55.1 Å². The van der Waals surface area contributed by atoms with Crippen LogP contribution in [0.25, 0.3) is 0 Å². The lowest BCUT2D eigenvalue weighted by Crippen LogP contribution is -2.32. The molecule has 1 atom stereocenters. The van der Waals surface area contributed by atoms with Gasteiger partial charge in [0.25, 0.3) is 0 Å². The molecule has 19 heteroatoms. The van der Waals surface area contributed by atoms with Crippen LogP contribution < -0.4 is 30.8 Å². The van der Waals surface area contributed by atoms with Crippen LogP contribution in [-0.4, -0.2) is 86.0 Å². The number of nitrogens with zero attached hydrogens (tertiary/aromatic N) is 3. The number of aromatic amines is 1. The van der Waals surface area contributed by atoms with E-state index >= 15 is 4.39 Å². The summed E-state index contributed by atoms with van der Waals surface area (Å²) in [5, 5.41) is 22.9. The number of aromatic nitrogens is 2. The fourth-order valence-electron chi connectivity index (χ4n) is 3.94. The summed E-state index contributed by atoms with van der Waals surface area (Å²) in [6, 6.07) is 8.43. The van der Waals surface area contributed by atoms with E-state index in [1.165, 1.54) is 69.7 Å². The number of ether oxygens (including phenoxy) is 6. The van der Waals surface area contributed by atoms with Crippen molar-refractivity contribution >= 4 is 41.6 Å². The Bertz CT molecular complexity index is 1790. The summed E-state index contributed by atoms with van der Waals surface area (Å²) in [5.74, 6) is -1.60. The molecule has 284 valence electrons. The molecule has 0 bridgehead atoms. The standard InChI is InChI=1S/C34H40F2N8O9/c1-20(2)17-50-32(46)43-28(37)21-7-9-22(10-8-21)41-27(24-15-23(48-5)16-25(26(24)36)49-14-13-45)29(38)42-31(44-30-39-11-6-12-40-30)51-19-52-33(47)53-34(3,4)18-35/h6-12,15-16,27,41,45H,1,13-14,17-19H2,2-5H3,(H2,37,43,46)(H2,38,39,40,42,44)/p+1/t27-/m1/s1. The number of aliphatic hydroxyl groups is 1. The second-order valence-electron chi connectivity index (χ2n) is 11.5. The molecule has 7 N–H and O–H groups in total. The quantitative estimate of drug-likeness (QED) is 0.0458. The van der Waals surface area contributed by atoms with E-state index < -0.39 is 55.8 Å². The van der Waals surface area contributed by atoms with Gasteiger partial charge in [-0.2, -0.15) is 4.99 Å². The van der Waals surface area contributed by atoms with Gasteiger partial charge < -0.3 is 44.6 Å². The Kier molecular flexibility index (Phi) is 15.4. The Labute approximate surface area is 303 Å². The zero-order valence-electron chi connectivity index (χ0n) is 29.4. The number of nitrogens with one attached hydrogen (secondary N) is 4. The third-order valence-corrected chi connectivity index (χ3v) is 6.46. The highest BCUT2D eigenvalue weighted by molar-refractivity contribution is 6.04. The second-order valence-corrected chi connectivity index (χ2v) is 11.5. The van der Waals surface area contributed by atoms with Crippen molar-refractivity contribution in [3.8, 4) is 11.5 Å². The number of hydrogen-bond acceptors (Lipinski definition) is 13. The highest BCUT2D eigenvalue weighted by Crippen LogP contribution is 2.33. The maximum absolute atomic E-state index is 16.1. The summed E-state index contributed by atoms with van der Waals surface area (Å²) in [5.41, 5.74) is 6.19. The summed E-state index contributed by atoms with van der Waals surface area (Å²) < 4.78 is 60.2. The second kappa shape index (κ2) is 19.9. The Morgan fingerprint density at radius 1 is 1.19 bits per heavy atom. The number of amidine groups is 3. The molecule has 0 fully saturated rings. The average Bonchev–Trinajstić information content (AvgIpc) is 3.13. The number of nitrogens with two attached hydrogens (primary N) is 1. The molecule has 3 aromatic rings. The number of aliphatic hydroxyl groups excluding tert-OH is 1. The highest BCUT2D eigenvalue weighted by atomic mass is 19.1. The topological polar surface area (TPSA) is 235 Å². The van der Waals surface area contributed by atoms with Gasteiger partial charge in [0.05, 0.1) is 19.9 Å². The van der Waals surface area contributed by atoms with Crippen LogP contribution in [0.5, 0.6) is 11.5 Å². The van der Waals surface area contributed by atoms with Crippen LogP contribution in [0.4, 0.5) is 30.0 Å². The number of halogens is 2. The van der Waals surface area contributed by atoms with Crippen LogP contribution in [0, 0.1) is 11.2 Å². The minimum atomic E-state index is -1.45. The Morgan fingerprint density at radius 3 is 2.55 bits per heavy atom. The van der Waals surface area contributed by atoms with Crippen molar-refractivity contribution in [3.63, 3.8) is 0 Å². The SMILES string of the molecule is C=C(C)COC(=O)NC(=N)c1ccc(N[C@@H](C(N)=NC(=Nc2nccc[nH+]2)OCOC(=O)OC(C)(C)CF)c2cc(OC)cc(OCCO)c2F)cc1. The van der Waals surface area contributed by atoms with E-state index in [1.54, 1.807) is 13.0 Å². The summed E-state index contributed by atoms with van der Waals surface area (Å²) >= 11 is 0. The maximum Gasteiger partial charge on any atom is 0.511 e. The van der Waals surface area contributed by atoms with E-state index in [0.717, 1.165) is 0 Å². The number of H-pyrrole nitrogens is 1. The number of carbonyl (C=O) groups is 2. The van der Waals surface area contributed by atoms with Gasteiger partial charge in [0.2, 0.25) is 6.79 Å². The summed E-state index contributed by atoms with van der Waals surface area (Å²) in [6.07, 6.45) is 0.848. The molecule has 0 aliphatic carbocycles. The van der Waals surface area contributed by atoms with Gasteiger partial charge in [-0.15, -0.1) is 0 Å². The third-order valence-electron chi connectivity index (χ3n) is 6.46. The van der Waals surface area contributed by atoms with Crippen molar-refractivity contribution in [2.24, 2.45) is 15.7 Å². The number of alkyl carbamates (subject to hydrolysis) is 1. The van der Waals surface area contributed by atoms with E-state index in [4.69, 9.17) is 39.6 Å². The van der Waals surface area contributed by atoms with Crippen LogP contribution >= 0.6 is 0 Å². The number of methoxy groups -OCH3 is 1. The molecule has 1 aromatic heterocycles. The molecule has 3 rings (SSSR count). The fourth-order valence-corrected chi connectivity index (χ4v) is 3.94. The van der Waals surface area contributed by atoms with Crippen LogP contribution in [0.2, 0.25) is 0 Å². The van der Waals surface area contributed by atoms with Crippen LogP contribution in [0.1, 0.15) is 37.9 Å². The molecule has 1 heterocycles. The van der Waals surface area contributed by atoms with Crippen LogP contribution in [0.15, 0.2) is 77.0 Å². The number of alkyl halides is 1. The molecule has 17 nitrogen and oxygen atoms in total. The van der Waals surface area contributed by atoms with Gasteiger partial charge >= 0.3 is 24.2 Å². The van der Waals surface area contributed by atoms with E-state index in [1.807, 2.05) is 0 Å². The summed E-state index contributed by atoms with van der Waals surface area (Å²) in [7, 11) is 1.35. The summed E-state index contributed by atoms with van der Waals surface area (Å²) in [4.78, 5) is 39.3. The molecule has 0 aliphatic heterocycles. The van der Waals surface area contributed by atoms with E-state index in [0.29, 0.717) is 16.8 Å². The molecule has 2 aromatic carbocycles. The number of hydrogen-bond donors (Lipinski definition) is 5. The molecule has 0 spiro atoms. The van der Waals surface area contributed by atoms with Gasteiger partial charge in [0, 0.05) is 28.9 Å². The average molecular weight is 744 g/mol. The van der Waals surface area contributed by atoms with E-state index in [2.05, 4.69) is 37.2 Å². The predicted molar refractivity (Wildman–Crippen MR) is 188 cm³/mol. The first-order valence-electron chi connectivity index (χ1n) is 15.7. The monoisotopic (exact) mass is 743 g/mol. The Hall–Kier alpha value is -6.37. The van der Waals surface area contributed by atoms with Crippen molar-refractivity contribution < 1.29 is 56.9 Å². The number of carbonyl (C=O) groups excluding carboxylic acids is 2. The van der Waals surface area contributed by atoms with Crippen molar-refractivity contribution in [1.29, 1.82) is 5.41 Å². The molecular weight excluding hydrogens is 702 g/mol. The highest BCUT2D eigenvalue weighted by Gasteiger charge is 2.27. The Morgan fingerprint density at radius 2 is 1.92 bits per heavy atom. The van der Waals surface area contributed by atoms with Gasteiger partial charge in [-0.3, -0.25) is 10.7 Å². The molecule has 0 saturated heterocycles. The molecule has 0 unspecified atom stereocenters. The number of rotatable bonds is 16. The lowest BCUT2D eigenvalue weighted by molar-refractivity contribution is -0.366. The lowest BCUT2D eigenvalue weighted by Gasteiger charge is -2.22. The minimum Gasteiger partial charge on any atom is -0.497 e. The smallest absolute Gasteiger partial charge is 0.497 e. The van der Waals surface area contributed by atoms with Gasteiger partial charge in [-0.1, -0.05) is 11.6 Å². The Balaban J connectivity index is 2.02. The third kappa shape index (κ3) is 13.4. The molecule has 0 aliphatic rings. The number of benzene rings is 2. The molecule has 1 amide bonds. The van der Waals surface area contributed by atoms with E-state index in [9.17, 15) is 19.1 Å². The first-order chi connectivity index (χ1) is 25.2. The zero-order valence-corrected chi connectivity index (χ0v) is 29.4. The molecular formula is C34H41F2N8O9+. The maximum atomic E-state index is 16.1. The van der Waals surface area contributed by atoms with Gasteiger partial charge in [-0.25, -0.2) is 23.4 Å². The fraction of sp³-hybridized carbons (Fsp3) is 0.324. The largest absolute Gasteiger partial charge is 0.511 e. The summed E-state index contributed by atoms with van der Waals surface area (Å²) in [6.45, 7) is 5.58. The first kappa shape index (κ1) is 41.1. The van der Waals surface area contributed by atoms with E-state index in [-0.39, 0.29) is 47.9 Å². The van der Waals surface area contributed by atoms with Crippen molar-refractivity contribution in [3.05, 3.63) is 84.0 Å². The molecule has 53 heavy (non-hydrogen) atoms. The molecule has 0 saturated carbocycles. The normalized spacial score (nSPS) is 12.2. The minimum absolute atomic E-state index is 0.00731. The number of aliphatic imine (C=N–C) groups is 2. The van der Waals surface area contributed by atoms with Crippen LogP contribution in [-0.2, 0) is 18.9 Å². The van der Waals surface area contributed by atoms with Crippen LogP contribution in [0.3, 0.4) is 0 Å². The first-order valence-corrected chi connectivity index (χ1v) is 15.7. The molecule has 0 radical (unpaired) electrons. The predicted octanol–water partition coefficient (Wildman–Crippen LogP) is 4.12. The van der Waals surface area contributed by atoms with Gasteiger partial charge in [0.15, 0.2) is 11.6 Å². The zero-order chi connectivity index (χ0) is 39.0. The van der Waals surface area contributed by atoms with Gasteiger partial charge in [-0.05, 0) is 61.7 Å². The lowest BCUT2D eigenvalue weighted by atomic mass is 10.0. The number of amides is 1.